The van der Waals surface area contributed by atoms with Crippen LogP contribution in [-0.2, 0) is 0 Å². The molecule has 0 aromatic carbocycles. The molecule has 16 heavy (non-hydrogen) atoms. The Hall–Kier alpha value is -0.0800. The van der Waals surface area contributed by atoms with E-state index in [1.807, 2.05) is 0 Å². The standard InChI is InChI=1S/C14H28N2/c1-2-11-5-8-13(9-6-11)14(16-15)10-7-12-3-4-12/h11-14,16H,2-10,15H2,1H3. The molecule has 2 heteroatoms. The van der Waals surface area contributed by atoms with E-state index in [0.29, 0.717) is 6.04 Å². The number of rotatable bonds is 6. The van der Waals surface area contributed by atoms with Gasteiger partial charge in [-0.25, -0.2) is 0 Å². The Morgan fingerprint density at radius 1 is 1.06 bits per heavy atom. The van der Waals surface area contributed by atoms with Crippen molar-refractivity contribution in [3.63, 3.8) is 0 Å². The number of hydrazine groups is 1. The van der Waals surface area contributed by atoms with E-state index >= 15 is 0 Å². The Morgan fingerprint density at radius 2 is 1.69 bits per heavy atom. The van der Waals surface area contributed by atoms with Gasteiger partial charge in [0, 0.05) is 6.04 Å². The van der Waals surface area contributed by atoms with Crippen LogP contribution in [0.15, 0.2) is 0 Å². The number of hydrogen-bond acceptors (Lipinski definition) is 2. The zero-order valence-electron chi connectivity index (χ0n) is 10.8. The minimum atomic E-state index is 0.596. The van der Waals surface area contributed by atoms with Crippen molar-refractivity contribution < 1.29 is 0 Å². The van der Waals surface area contributed by atoms with E-state index in [4.69, 9.17) is 5.84 Å². The topological polar surface area (TPSA) is 38.0 Å². The lowest BCUT2D eigenvalue weighted by atomic mass is 9.76. The highest BCUT2D eigenvalue weighted by molar-refractivity contribution is 4.83. The molecule has 1 unspecified atom stereocenters. The minimum Gasteiger partial charge on any atom is -0.271 e. The molecule has 2 saturated carbocycles. The van der Waals surface area contributed by atoms with Crippen LogP contribution in [0, 0.1) is 17.8 Å². The summed E-state index contributed by atoms with van der Waals surface area (Å²) in [7, 11) is 0. The molecule has 0 aromatic heterocycles. The summed E-state index contributed by atoms with van der Waals surface area (Å²) in [5.74, 6) is 8.62. The van der Waals surface area contributed by atoms with E-state index in [9.17, 15) is 0 Å². The molecule has 2 fully saturated rings. The minimum absolute atomic E-state index is 0.596. The molecule has 0 amide bonds. The highest BCUT2D eigenvalue weighted by Gasteiger charge is 2.28. The first kappa shape index (κ1) is 12.4. The van der Waals surface area contributed by atoms with Crippen molar-refractivity contribution in [3.8, 4) is 0 Å². The van der Waals surface area contributed by atoms with Crippen LogP contribution in [0.5, 0.6) is 0 Å². The predicted octanol–water partition coefficient (Wildman–Crippen LogP) is 3.22. The maximum absolute atomic E-state index is 5.73. The molecule has 0 radical (unpaired) electrons. The Labute approximate surface area is 100 Å². The Balaban J connectivity index is 1.71. The van der Waals surface area contributed by atoms with Gasteiger partial charge in [0.25, 0.3) is 0 Å². The predicted molar refractivity (Wildman–Crippen MR) is 68.8 cm³/mol. The fraction of sp³-hybridized carbons (Fsp3) is 1.00. The smallest absolute Gasteiger partial charge is 0.0238 e. The van der Waals surface area contributed by atoms with Gasteiger partial charge in [-0.3, -0.25) is 11.3 Å². The van der Waals surface area contributed by atoms with Crippen LogP contribution in [0.1, 0.15) is 64.7 Å². The van der Waals surface area contributed by atoms with Gasteiger partial charge in [0.2, 0.25) is 0 Å². The summed E-state index contributed by atoms with van der Waals surface area (Å²) in [5.41, 5.74) is 3.09. The van der Waals surface area contributed by atoms with Gasteiger partial charge in [-0.1, -0.05) is 39.0 Å². The van der Waals surface area contributed by atoms with Crippen molar-refractivity contribution in [2.75, 3.05) is 0 Å². The molecule has 0 heterocycles. The van der Waals surface area contributed by atoms with E-state index in [1.165, 1.54) is 57.8 Å². The summed E-state index contributed by atoms with van der Waals surface area (Å²) in [6.45, 7) is 2.33. The third kappa shape index (κ3) is 3.46. The summed E-state index contributed by atoms with van der Waals surface area (Å²) in [4.78, 5) is 0. The van der Waals surface area contributed by atoms with Crippen LogP contribution in [0.2, 0.25) is 0 Å². The van der Waals surface area contributed by atoms with Crippen LogP contribution in [0.3, 0.4) is 0 Å². The Kier molecular flexibility index (Phi) is 4.66. The van der Waals surface area contributed by atoms with E-state index < -0.39 is 0 Å². The molecule has 0 bridgehead atoms. The van der Waals surface area contributed by atoms with Gasteiger partial charge in [0.15, 0.2) is 0 Å². The largest absolute Gasteiger partial charge is 0.271 e. The van der Waals surface area contributed by atoms with Crippen LogP contribution in [0.25, 0.3) is 0 Å². The molecule has 0 saturated heterocycles. The second-order valence-electron chi connectivity index (χ2n) is 5.98. The average Bonchev–Trinajstić information content (AvgIpc) is 3.15. The third-order valence-corrected chi connectivity index (χ3v) is 4.83. The highest BCUT2D eigenvalue weighted by Crippen LogP contribution is 2.37. The van der Waals surface area contributed by atoms with Crippen LogP contribution < -0.4 is 11.3 Å². The van der Waals surface area contributed by atoms with Gasteiger partial charge in [-0.2, -0.15) is 0 Å². The zero-order valence-corrected chi connectivity index (χ0v) is 10.8. The maximum atomic E-state index is 5.73. The van der Waals surface area contributed by atoms with Crippen LogP contribution in [0.4, 0.5) is 0 Å². The van der Waals surface area contributed by atoms with Crippen molar-refractivity contribution in [3.05, 3.63) is 0 Å². The summed E-state index contributed by atoms with van der Waals surface area (Å²) >= 11 is 0. The van der Waals surface area contributed by atoms with Gasteiger partial charge < -0.3 is 0 Å². The molecule has 2 aliphatic rings. The summed E-state index contributed by atoms with van der Waals surface area (Å²) < 4.78 is 0. The van der Waals surface area contributed by atoms with Crippen LogP contribution >= 0.6 is 0 Å². The van der Waals surface area contributed by atoms with Gasteiger partial charge in [-0.15, -0.1) is 0 Å². The van der Waals surface area contributed by atoms with E-state index in [1.54, 1.807) is 0 Å². The molecular weight excluding hydrogens is 196 g/mol. The zero-order chi connectivity index (χ0) is 11.4. The second kappa shape index (κ2) is 6.02. The van der Waals surface area contributed by atoms with Crippen molar-refractivity contribution in [1.82, 2.24) is 5.43 Å². The lowest BCUT2D eigenvalue weighted by Gasteiger charge is -2.33. The number of nitrogens with two attached hydrogens (primary N) is 1. The lowest BCUT2D eigenvalue weighted by Crippen LogP contribution is -2.42. The van der Waals surface area contributed by atoms with Gasteiger partial charge in [-0.05, 0) is 43.4 Å². The normalized spacial score (nSPS) is 32.6. The first-order valence-corrected chi connectivity index (χ1v) is 7.29. The summed E-state index contributed by atoms with van der Waals surface area (Å²) in [5, 5.41) is 0. The molecule has 2 rings (SSSR count). The first-order valence-electron chi connectivity index (χ1n) is 7.29. The molecule has 94 valence electrons. The van der Waals surface area contributed by atoms with E-state index in [2.05, 4.69) is 12.3 Å². The van der Waals surface area contributed by atoms with Crippen molar-refractivity contribution in [2.45, 2.75) is 70.8 Å². The average molecular weight is 224 g/mol. The fourth-order valence-electron chi connectivity index (χ4n) is 3.28. The first-order chi connectivity index (χ1) is 7.83. The molecule has 1 atom stereocenters. The molecule has 0 aliphatic heterocycles. The van der Waals surface area contributed by atoms with E-state index in [0.717, 1.165) is 17.8 Å². The van der Waals surface area contributed by atoms with Crippen molar-refractivity contribution in [2.24, 2.45) is 23.6 Å². The fourth-order valence-corrected chi connectivity index (χ4v) is 3.28. The SMILES string of the molecule is CCC1CCC(C(CCC2CC2)NN)CC1. The molecule has 0 aromatic rings. The van der Waals surface area contributed by atoms with Gasteiger partial charge >= 0.3 is 0 Å². The molecule has 0 spiro atoms. The summed E-state index contributed by atoms with van der Waals surface area (Å²) in [6, 6.07) is 0.596. The van der Waals surface area contributed by atoms with Gasteiger partial charge in [0.1, 0.15) is 0 Å². The maximum Gasteiger partial charge on any atom is 0.0238 e. The molecule has 2 nitrogen and oxygen atoms in total. The lowest BCUT2D eigenvalue weighted by molar-refractivity contribution is 0.208. The Morgan fingerprint density at radius 3 is 2.19 bits per heavy atom. The van der Waals surface area contributed by atoms with Crippen LogP contribution in [-0.4, -0.2) is 6.04 Å². The molecule has 2 aliphatic carbocycles. The highest BCUT2D eigenvalue weighted by atomic mass is 15.2. The second-order valence-corrected chi connectivity index (χ2v) is 5.98. The summed E-state index contributed by atoms with van der Waals surface area (Å²) in [6.07, 6.45) is 12.7. The molecular formula is C14H28N2. The Bertz CT molecular complexity index is 193. The monoisotopic (exact) mass is 224 g/mol. The molecule has 3 N–H and O–H groups in total. The number of nitrogens with one attached hydrogen (secondary N) is 1. The van der Waals surface area contributed by atoms with E-state index in [-0.39, 0.29) is 0 Å². The van der Waals surface area contributed by atoms with Crippen molar-refractivity contribution >= 4 is 0 Å². The number of hydrogen-bond donors (Lipinski definition) is 2. The van der Waals surface area contributed by atoms with Gasteiger partial charge in [0.05, 0.1) is 0 Å². The quantitative estimate of drug-likeness (QED) is 0.537. The van der Waals surface area contributed by atoms with Crippen molar-refractivity contribution in [1.29, 1.82) is 0 Å². The third-order valence-electron chi connectivity index (χ3n) is 4.83.